The summed E-state index contributed by atoms with van der Waals surface area (Å²) in [5.41, 5.74) is -0.326. The van der Waals surface area contributed by atoms with Crippen LogP contribution in [0.5, 0.6) is 5.75 Å². The van der Waals surface area contributed by atoms with Crippen molar-refractivity contribution in [1.82, 2.24) is 9.80 Å². The van der Waals surface area contributed by atoms with Crippen LogP contribution in [0.25, 0.3) is 0 Å². The lowest BCUT2D eigenvalue weighted by molar-refractivity contribution is -0.135. The van der Waals surface area contributed by atoms with Gasteiger partial charge in [0.05, 0.1) is 22.1 Å². The first-order chi connectivity index (χ1) is 15.0. The third kappa shape index (κ3) is 5.80. The van der Waals surface area contributed by atoms with Crippen molar-refractivity contribution in [2.75, 3.05) is 26.2 Å². The Bertz CT molecular complexity index is 858. The van der Waals surface area contributed by atoms with E-state index in [1.54, 1.807) is 4.90 Å². The van der Waals surface area contributed by atoms with E-state index in [2.05, 4.69) is 0 Å². The molecule has 1 aromatic rings. The smallest absolute Gasteiger partial charge is 0.410 e. The zero-order chi connectivity index (χ0) is 23.6. The summed E-state index contributed by atoms with van der Waals surface area (Å²) in [7, 11) is 0. The Kier molecular flexibility index (Phi) is 7.84. The van der Waals surface area contributed by atoms with Crippen LogP contribution in [-0.4, -0.2) is 63.8 Å². The molecule has 2 aliphatic rings. The predicted octanol–water partition coefficient (Wildman–Crippen LogP) is 4.62. The minimum atomic E-state index is -0.967. The average Bonchev–Trinajstić information content (AvgIpc) is 3.08. The molecule has 0 aliphatic carbocycles. The van der Waals surface area contributed by atoms with E-state index >= 15 is 0 Å². The number of aliphatic hydroxyl groups excluding tert-OH is 1. The van der Waals surface area contributed by atoms with Crippen LogP contribution in [-0.2, 0) is 9.53 Å². The second-order valence-corrected chi connectivity index (χ2v) is 10.5. The lowest BCUT2D eigenvalue weighted by atomic mass is 9.89. The molecule has 2 saturated heterocycles. The van der Waals surface area contributed by atoms with Gasteiger partial charge in [0.1, 0.15) is 11.4 Å². The molecule has 2 fully saturated rings. The van der Waals surface area contributed by atoms with Crippen molar-refractivity contribution in [3.63, 3.8) is 0 Å². The standard InChI is InChI=1S/C23H32Cl2N2O5/c1-23(2,3)32-22(31)27-12-9-15(13-27)21(30)26-10-4-5-14(8-11-26)20(29)18-17(28)7-6-16(24)19(18)25/h6-7,14-15,20,28-29H,4-5,8-13H2,1-3H3/t14-,15?,20+/m1/s1. The zero-order valence-corrected chi connectivity index (χ0v) is 20.3. The molecule has 1 aromatic carbocycles. The molecule has 0 spiro atoms. The van der Waals surface area contributed by atoms with Crippen molar-refractivity contribution >= 4 is 35.2 Å². The number of aliphatic hydroxyl groups is 1. The Balaban J connectivity index is 1.59. The lowest BCUT2D eigenvalue weighted by Crippen LogP contribution is -2.40. The molecule has 0 radical (unpaired) electrons. The molecule has 178 valence electrons. The zero-order valence-electron chi connectivity index (χ0n) is 18.8. The Labute approximate surface area is 199 Å². The molecule has 32 heavy (non-hydrogen) atoms. The third-order valence-corrected chi connectivity index (χ3v) is 6.94. The van der Waals surface area contributed by atoms with Crippen molar-refractivity contribution in [3.8, 4) is 5.75 Å². The number of benzene rings is 1. The van der Waals surface area contributed by atoms with E-state index in [0.717, 1.165) is 6.42 Å². The maximum absolute atomic E-state index is 13.1. The number of rotatable bonds is 3. The largest absolute Gasteiger partial charge is 0.508 e. The van der Waals surface area contributed by atoms with E-state index < -0.39 is 11.7 Å². The van der Waals surface area contributed by atoms with Crippen LogP contribution < -0.4 is 0 Å². The molecule has 2 amide bonds. The number of aromatic hydroxyl groups is 1. The summed E-state index contributed by atoms with van der Waals surface area (Å²) in [4.78, 5) is 28.8. The van der Waals surface area contributed by atoms with Crippen molar-refractivity contribution < 1.29 is 24.5 Å². The van der Waals surface area contributed by atoms with Gasteiger partial charge >= 0.3 is 6.09 Å². The van der Waals surface area contributed by atoms with Crippen LogP contribution in [0.4, 0.5) is 4.79 Å². The summed E-state index contributed by atoms with van der Waals surface area (Å²) >= 11 is 12.3. The fraction of sp³-hybridized carbons (Fsp3) is 0.652. The summed E-state index contributed by atoms with van der Waals surface area (Å²) in [6.07, 6.45) is 1.27. The number of amides is 2. The van der Waals surface area contributed by atoms with Gasteiger partial charge in [-0.05, 0) is 64.5 Å². The molecular formula is C23H32Cl2N2O5. The first-order valence-electron chi connectivity index (χ1n) is 11.1. The summed E-state index contributed by atoms with van der Waals surface area (Å²) < 4.78 is 5.42. The summed E-state index contributed by atoms with van der Waals surface area (Å²) in [5.74, 6) is -0.445. The Hall–Kier alpha value is -1.70. The van der Waals surface area contributed by atoms with Crippen molar-refractivity contribution in [2.45, 2.75) is 58.2 Å². The Morgan fingerprint density at radius 2 is 1.78 bits per heavy atom. The first kappa shape index (κ1) is 24.9. The number of hydrogen-bond donors (Lipinski definition) is 2. The molecule has 2 aliphatic heterocycles. The van der Waals surface area contributed by atoms with E-state index in [1.807, 2.05) is 25.7 Å². The van der Waals surface area contributed by atoms with Gasteiger partial charge in [0.15, 0.2) is 0 Å². The summed E-state index contributed by atoms with van der Waals surface area (Å²) in [6.45, 7) is 7.43. The normalized spacial score (nSPS) is 23.1. The minimum absolute atomic E-state index is 0.0369. The highest BCUT2D eigenvalue weighted by molar-refractivity contribution is 6.42. The van der Waals surface area contributed by atoms with Gasteiger partial charge in [-0.1, -0.05) is 23.2 Å². The lowest BCUT2D eigenvalue weighted by Gasteiger charge is -2.26. The maximum atomic E-state index is 13.1. The van der Waals surface area contributed by atoms with Crippen LogP contribution >= 0.6 is 23.2 Å². The van der Waals surface area contributed by atoms with Crippen LogP contribution in [0.2, 0.25) is 10.0 Å². The van der Waals surface area contributed by atoms with E-state index in [1.165, 1.54) is 12.1 Å². The minimum Gasteiger partial charge on any atom is -0.508 e. The number of phenols is 1. The fourth-order valence-corrected chi connectivity index (χ4v) is 4.88. The number of likely N-dealkylation sites (tertiary alicyclic amines) is 2. The van der Waals surface area contributed by atoms with Crippen LogP contribution in [0, 0.1) is 11.8 Å². The van der Waals surface area contributed by atoms with Gasteiger partial charge in [-0.2, -0.15) is 0 Å². The molecule has 2 N–H and O–H groups in total. The predicted molar refractivity (Wildman–Crippen MR) is 123 cm³/mol. The van der Waals surface area contributed by atoms with E-state index in [9.17, 15) is 19.8 Å². The van der Waals surface area contributed by atoms with E-state index in [4.69, 9.17) is 27.9 Å². The second-order valence-electron chi connectivity index (χ2n) is 9.67. The van der Waals surface area contributed by atoms with Crippen LogP contribution in [0.15, 0.2) is 12.1 Å². The molecule has 2 heterocycles. The number of hydrogen-bond acceptors (Lipinski definition) is 5. The molecule has 7 nitrogen and oxygen atoms in total. The Morgan fingerprint density at radius 1 is 1.09 bits per heavy atom. The SMILES string of the molecule is CC(C)(C)OC(=O)N1CCC(C(=O)N2CCC[C@@H]([C@H](O)c3c(O)ccc(Cl)c3Cl)CC2)C1. The van der Waals surface area contributed by atoms with E-state index in [0.29, 0.717) is 45.4 Å². The number of phenolic OH excluding ortho intramolecular Hbond substituents is 1. The molecule has 0 aromatic heterocycles. The molecule has 0 saturated carbocycles. The summed E-state index contributed by atoms with van der Waals surface area (Å²) in [5, 5.41) is 21.6. The van der Waals surface area contributed by atoms with Gasteiger partial charge in [-0.15, -0.1) is 0 Å². The highest BCUT2D eigenvalue weighted by Gasteiger charge is 2.37. The average molecular weight is 487 g/mol. The molecule has 3 atom stereocenters. The van der Waals surface area contributed by atoms with E-state index in [-0.39, 0.29) is 45.2 Å². The maximum Gasteiger partial charge on any atom is 0.410 e. The van der Waals surface area contributed by atoms with Gasteiger partial charge in [0.2, 0.25) is 5.91 Å². The van der Waals surface area contributed by atoms with Gasteiger partial charge in [0, 0.05) is 31.7 Å². The summed E-state index contributed by atoms with van der Waals surface area (Å²) in [6, 6.07) is 2.92. The van der Waals surface area contributed by atoms with Gasteiger partial charge in [-0.3, -0.25) is 4.79 Å². The molecule has 0 bridgehead atoms. The van der Waals surface area contributed by atoms with Gasteiger partial charge < -0.3 is 24.7 Å². The monoisotopic (exact) mass is 486 g/mol. The fourth-order valence-electron chi connectivity index (χ4n) is 4.44. The van der Waals surface area contributed by atoms with Crippen molar-refractivity contribution in [2.24, 2.45) is 11.8 Å². The second kappa shape index (κ2) is 10.1. The van der Waals surface area contributed by atoms with Gasteiger partial charge in [0.25, 0.3) is 0 Å². The quantitative estimate of drug-likeness (QED) is 0.650. The molecule has 9 heteroatoms. The third-order valence-electron chi connectivity index (χ3n) is 6.13. The highest BCUT2D eigenvalue weighted by atomic mass is 35.5. The number of halogens is 2. The molecule has 1 unspecified atom stereocenters. The Morgan fingerprint density at radius 3 is 2.47 bits per heavy atom. The molecular weight excluding hydrogens is 455 g/mol. The highest BCUT2D eigenvalue weighted by Crippen LogP contribution is 2.42. The van der Waals surface area contributed by atoms with Crippen molar-refractivity contribution in [1.29, 1.82) is 0 Å². The van der Waals surface area contributed by atoms with Gasteiger partial charge in [-0.25, -0.2) is 4.79 Å². The molecule has 3 rings (SSSR count). The van der Waals surface area contributed by atoms with Crippen LogP contribution in [0.1, 0.15) is 58.1 Å². The number of nitrogens with zero attached hydrogens (tertiary/aromatic N) is 2. The van der Waals surface area contributed by atoms with Crippen molar-refractivity contribution in [3.05, 3.63) is 27.7 Å². The number of carbonyl (C=O) groups is 2. The number of ether oxygens (including phenoxy) is 1. The number of carbonyl (C=O) groups excluding carboxylic acids is 2. The first-order valence-corrected chi connectivity index (χ1v) is 11.8. The van der Waals surface area contributed by atoms with Crippen LogP contribution in [0.3, 0.4) is 0 Å². The topological polar surface area (TPSA) is 90.3 Å².